The van der Waals surface area contributed by atoms with E-state index < -0.39 is 17.4 Å². The van der Waals surface area contributed by atoms with Crippen molar-refractivity contribution < 1.29 is 19.0 Å². The third-order valence-corrected chi connectivity index (χ3v) is 5.24. The number of aliphatic hydroxyl groups is 1. The smallest absolute Gasteiger partial charge is 0.332 e. The van der Waals surface area contributed by atoms with Crippen LogP contribution in [0.3, 0.4) is 0 Å². The molecule has 3 heterocycles. The third kappa shape index (κ3) is 4.48. The fourth-order valence-corrected chi connectivity index (χ4v) is 3.47. The second-order valence-electron chi connectivity index (χ2n) is 7.50. The van der Waals surface area contributed by atoms with E-state index in [-0.39, 0.29) is 24.3 Å². The zero-order chi connectivity index (χ0) is 23.5. The maximum atomic E-state index is 12.9. The van der Waals surface area contributed by atoms with Gasteiger partial charge in [-0.1, -0.05) is 0 Å². The Morgan fingerprint density at radius 1 is 1.12 bits per heavy atom. The number of aliphatic hydroxyl groups excluding tert-OH is 1. The molecule has 0 amide bonds. The van der Waals surface area contributed by atoms with Gasteiger partial charge in [0.05, 0.1) is 26.5 Å². The lowest BCUT2D eigenvalue weighted by Gasteiger charge is -2.16. The summed E-state index contributed by atoms with van der Waals surface area (Å²) < 4.78 is 20.0. The summed E-state index contributed by atoms with van der Waals surface area (Å²) in [6.45, 7) is 0.305. The van der Waals surface area contributed by atoms with Crippen molar-refractivity contribution in [1.82, 2.24) is 18.7 Å². The van der Waals surface area contributed by atoms with Crippen LogP contribution in [0.5, 0.6) is 11.5 Å². The van der Waals surface area contributed by atoms with Crippen LogP contribution in [-0.2, 0) is 27.2 Å². The van der Waals surface area contributed by atoms with Crippen LogP contribution < -0.4 is 26.0 Å². The SMILES string of the molecule is COc1ccc(OCC(O)Cn2c(NCc3ccco3)nc3c2c(=O)n(C)c(=O)n3C)cc1. The summed E-state index contributed by atoms with van der Waals surface area (Å²) >= 11 is 0. The first-order valence-electron chi connectivity index (χ1n) is 10.3. The zero-order valence-electron chi connectivity index (χ0n) is 18.5. The van der Waals surface area contributed by atoms with Gasteiger partial charge in [-0.25, -0.2) is 4.79 Å². The van der Waals surface area contributed by atoms with Crippen LogP contribution in [0.25, 0.3) is 11.2 Å². The van der Waals surface area contributed by atoms with Crippen molar-refractivity contribution in [2.75, 3.05) is 19.0 Å². The number of rotatable bonds is 9. The lowest BCUT2D eigenvalue weighted by atomic mass is 10.3. The first kappa shape index (κ1) is 22.2. The Kier molecular flexibility index (Phi) is 6.22. The Hall–Kier alpha value is -3.99. The fourth-order valence-electron chi connectivity index (χ4n) is 3.47. The molecule has 0 saturated heterocycles. The van der Waals surface area contributed by atoms with Gasteiger partial charge in [0.25, 0.3) is 5.56 Å². The number of aryl methyl sites for hydroxylation is 1. The Morgan fingerprint density at radius 3 is 2.52 bits per heavy atom. The highest BCUT2D eigenvalue weighted by molar-refractivity contribution is 5.74. The minimum Gasteiger partial charge on any atom is -0.497 e. The van der Waals surface area contributed by atoms with Crippen molar-refractivity contribution in [2.45, 2.75) is 19.2 Å². The minimum atomic E-state index is -0.962. The second kappa shape index (κ2) is 9.25. The average Bonchev–Trinajstić information content (AvgIpc) is 3.47. The molecule has 2 N–H and O–H groups in total. The molecule has 3 aromatic heterocycles. The van der Waals surface area contributed by atoms with Gasteiger partial charge in [0.1, 0.15) is 30.0 Å². The lowest BCUT2D eigenvalue weighted by molar-refractivity contribution is 0.0938. The molecule has 1 aromatic carbocycles. The van der Waals surface area contributed by atoms with Crippen LogP contribution in [0.4, 0.5) is 5.95 Å². The molecule has 11 nitrogen and oxygen atoms in total. The van der Waals surface area contributed by atoms with Crippen LogP contribution in [0, 0.1) is 0 Å². The first-order valence-corrected chi connectivity index (χ1v) is 10.3. The molecule has 174 valence electrons. The van der Waals surface area contributed by atoms with Gasteiger partial charge >= 0.3 is 5.69 Å². The topological polar surface area (TPSA) is 126 Å². The maximum absolute atomic E-state index is 12.9. The molecule has 0 fully saturated rings. The number of benzene rings is 1. The molecule has 0 bridgehead atoms. The molecule has 1 atom stereocenters. The number of hydrogen-bond donors (Lipinski definition) is 2. The number of nitrogens with zero attached hydrogens (tertiary/aromatic N) is 4. The first-order chi connectivity index (χ1) is 15.9. The van der Waals surface area contributed by atoms with Gasteiger partial charge in [0.15, 0.2) is 11.2 Å². The van der Waals surface area contributed by atoms with E-state index in [9.17, 15) is 14.7 Å². The molecular weight excluding hydrogens is 430 g/mol. The van der Waals surface area contributed by atoms with Gasteiger partial charge in [-0.2, -0.15) is 4.98 Å². The molecule has 0 radical (unpaired) electrons. The van der Waals surface area contributed by atoms with Gasteiger partial charge in [0.2, 0.25) is 5.95 Å². The van der Waals surface area contributed by atoms with Gasteiger partial charge in [-0.3, -0.25) is 13.9 Å². The number of aromatic nitrogens is 4. The van der Waals surface area contributed by atoms with E-state index in [1.54, 1.807) is 61.4 Å². The Morgan fingerprint density at radius 2 is 1.85 bits per heavy atom. The molecule has 0 aliphatic heterocycles. The molecule has 0 aliphatic carbocycles. The fraction of sp³-hybridized carbons (Fsp3) is 0.318. The highest BCUT2D eigenvalue weighted by atomic mass is 16.5. The number of furan rings is 1. The molecule has 11 heteroatoms. The molecule has 0 saturated carbocycles. The Bertz CT molecular complexity index is 1350. The van der Waals surface area contributed by atoms with Crippen molar-refractivity contribution in [1.29, 1.82) is 0 Å². The standard InChI is InChI=1S/C22H25N5O6/c1-25-19-18(20(29)26(2)22(25)30)27(21(24-19)23-11-17-5-4-10-32-17)12-14(28)13-33-16-8-6-15(31-3)7-9-16/h4-10,14,28H,11-13H2,1-3H3,(H,23,24). The quantitative estimate of drug-likeness (QED) is 0.384. The van der Waals surface area contributed by atoms with E-state index in [2.05, 4.69) is 10.3 Å². The summed E-state index contributed by atoms with van der Waals surface area (Å²) in [6, 6.07) is 10.5. The van der Waals surface area contributed by atoms with Crippen molar-refractivity contribution in [2.24, 2.45) is 14.1 Å². The summed E-state index contributed by atoms with van der Waals surface area (Å²) in [4.78, 5) is 29.7. The van der Waals surface area contributed by atoms with Crippen LogP contribution >= 0.6 is 0 Å². The average molecular weight is 455 g/mol. The predicted octanol–water partition coefficient (Wildman–Crippen LogP) is 1.09. The van der Waals surface area contributed by atoms with Gasteiger partial charge in [0, 0.05) is 14.1 Å². The lowest BCUT2D eigenvalue weighted by Crippen LogP contribution is -2.38. The summed E-state index contributed by atoms with van der Waals surface area (Å²) in [7, 11) is 4.52. The van der Waals surface area contributed by atoms with Crippen LogP contribution in [-0.4, -0.2) is 43.6 Å². The summed E-state index contributed by atoms with van der Waals surface area (Å²) in [6.07, 6.45) is 0.593. The molecule has 0 aliphatic rings. The molecular formula is C22H25N5O6. The highest BCUT2D eigenvalue weighted by Crippen LogP contribution is 2.19. The second-order valence-corrected chi connectivity index (χ2v) is 7.50. The van der Waals surface area contributed by atoms with Crippen molar-refractivity contribution in [3.8, 4) is 11.5 Å². The third-order valence-electron chi connectivity index (χ3n) is 5.24. The van der Waals surface area contributed by atoms with E-state index >= 15 is 0 Å². The van der Waals surface area contributed by atoms with E-state index in [0.29, 0.717) is 29.8 Å². The summed E-state index contributed by atoms with van der Waals surface area (Å²) in [5.41, 5.74) is -0.577. The molecule has 0 spiro atoms. The van der Waals surface area contributed by atoms with Gasteiger partial charge in [-0.15, -0.1) is 0 Å². The molecule has 33 heavy (non-hydrogen) atoms. The van der Waals surface area contributed by atoms with Crippen molar-refractivity contribution in [3.63, 3.8) is 0 Å². The predicted molar refractivity (Wildman–Crippen MR) is 121 cm³/mol. The van der Waals surface area contributed by atoms with Crippen molar-refractivity contribution in [3.05, 3.63) is 69.3 Å². The monoisotopic (exact) mass is 455 g/mol. The van der Waals surface area contributed by atoms with Crippen LogP contribution in [0.2, 0.25) is 0 Å². The number of hydrogen-bond acceptors (Lipinski definition) is 8. The Balaban J connectivity index is 1.62. The Labute approximate surface area is 188 Å². The zero-order valence-corrected chi connectivity index (χ0v) is 18.5. The van der Waals surface area contributed by atoms with Gasteiger partial charge < -0.3 is 28.9 Å². The van der Waals surface area contributed by atoms with Crippen LogP contribution in [0.15, 0.2) is 56.7 Å². The number of anilines is 1. The maximum Gasteiger partial charge on any atom is 0.332 e. The van der Waals surface area contributed by atoms with Crippen molar-refractivity contribution >= 4 is 17.1 Å². The largest absolute Gasteiger partial charge is 0.497 e. The number of imidazole rings is 1. The van der Waals surface area contributed by atoms with E-state index in [1.165, 1.54) is 11.6 Å². The summed E-state index contributed by atoms with van der Waals surface area (Å²) in [5, 5.41) is 13.8. The van der Waals surface area contributed by atoms with Crippen LogP contribution in [0.1, 0.15) is 5.76 Å². The van der Waals surface area contributed by atoms with E-state index in [1.807, 2.05) is 0 Å². The highest BCUT2D eigenvalue weighted by Gasteiger charge is 2.21. The minimum absolute atomic E-state index is 0.0145. The number of ether oxygens (including phenoxy) is 2. The number of fused-ring (bicyclic) bond motifs is 1. The van der Waals surface area contributed by atoms with Gasteiger partial charge in [-0.05, 0) is 36.4 Å². The normalized spacial score (nSPS) is 12.1. The van der Waals surface area contributed by atoms with E-state index in [4.69, 9.17) is 13.9 Å². The van der Waals surface area contributed by atoms with E-state index in [0.717, 1.165) is 4.57 Å². The summed E-state index contributed by atoms with van der Waals surface area (Å²) in [5.74, 6) is 2.25. The number of nitrogens with one attached hydrogen (secondary N) is 1. The molecule has 4 rings (SSSR count). The number of methoxy groups -OCH3 is 1. The molecule has 1 unspecified atom stereocenters. The molecule has 4 aromatic rings.